The maximum atomic E-state index is 13.8. The van der Waals surface area contributed by atoms with E-state index < -0.39 is 28.5 Å². The van der Waals surface area contributed by atoms with Gasteiger partial charge in [-0.3, -0.25) is 13.9 Å². The van der Waals surface area contributed by atoms with Crippen LogP contribution in [0.1, 0.15) is 23.6 Å². The number of hydrogen-bond donors (Lipinski definition) is 1. The molecule has 1 N–H and O–H groups in total. The number of nitrogens with one attached hydrogen (secondary N) is 1. The average molecular weight is 607 g/mol. The molecule has 0 spiro atoms. The van der Waals surface area contributed by atoms with Crippen LogP contribution in [0.5, 0.6) is 0 Å². The van der Waals surface area contributed by atoms with Crippen molar-refractivity contribution in [1.82, 2.24) is 10.2 Å². The number of carbonyl (C=O) groups is 2. The monoisotopic (exact) mass is 605 g/mol. The molecule has 2 amide bonds. The molecule has 0 aliphatic carbocycles. The Morgan fingerprint density at radius 1 is 1.03 bits per heavy atom. The molecular weight excluding hydrogens is 578 g/mol. The van der Waals surface area contributed by atoms with Crippen molar-refractivity contribution in [2.45, 2.75) is 38.3 Å². The maximum Gasteiger partial charge on any atom is 0.264 e. The highest BCUT2D eigenvalue weighted by atomic mass is 79.9. The molecule has 1 atom stereocenters. The first-order chi connectivity index (χ1) is 17.4. The van der Waals surface area contributed by atoms with E-state index in [-0.39, 0.29) is 23.0 Å². The van der Waals surface area contributed by atoms with Crippen molar-refractivity contribution in [1.29, 1.82) is 0 Å². The summed E-state index contributed by atoms with van der Waals surface area (Å²) in [6, 6.07) is 17.8. The van der Waals surface area contributed by atoms with Gasteiger partial charge in [-0.15, -0.1) is 0 Å². The molecule has 7 nitrogen and oxygen atoms in total. The van der Waals surface area contributed by atoms with Crippen molar-refractivity contribution < 1.29 is 18.0 Å². The molecule has 0 bridgehead atoms. The van der Waals surface area contributed by atoms with Crippen LogP contribution in [0.25, 0.3) is 0 Å². The van der Waals surface area contributed by atoms with E-state index in [1.54, 1.807) is 38.1 Å². The summed E-state index contributed by atoms with van der Waals surface area (Å²) in [4.78, 5) is 27.7. The van der Waals surface area contributed by atoms with Gasteiger partial charge < -0.3 is 10.2 Å². The zero-order valence-corrected chi connectivity index (χ0v) is 24.2. The molecule has 0 aliphatic rings. The third kappa shape index (κ3) is 6.91. The topological polar surface area (TPSA) is 86.8 Å². The molecule has 0 heterocycles. The van der Waals surface area contributed by atoms with Crippen LogP contribution in [0, 0.1) is 13.8 Å². The normalized spacial score (nSPS) is 12.1. The van der Waals surface area contributed by atoms with Crippen molar-refractivity contribution in [3.63, 3.8) is 0 Å². The van der Waals surface area contributed by atoms with E-state index in [0.29, 0.717) is 5.02 Å². The Labute approximate surface area is 231 Å². The smallest absolute Gasteiger partial charge is 0.264 e. The summed E-state index contributed by atoms with van der Waals surface area (Å²) in [6.07, 6.45) is 0. The molecule has 0 aromatic heterocycles. The average Bonchev–Trinajstić information content (AvgIpc) is 2.86. The molecule has 3 aromatic carbocycles. The van der Waals surface area contributed by atoms with E-state index in [4.69, 9.17) is 11.6 Å². The van der Waals surface area contributed by atoms with Gasteiger partial charge in [0.2, 0.25) is 11.8 Å². The van der Waals surface area contributed by atoms with Crippen LogP contribution in [0.15, 0.2) is 76.1 Å². The lowest BCUT2D eigenvalue weighted by Crippen LogP contribution is -2.50. The summed E-state index contributed by atoms with van der Waals surface area (Å²) >= 11 is 9.76. The third-order valence-corrected chi connectivity index (χ3v) is 8.68. The van der Waals surface area contributed by atoms with Crippen LogP contribution in [0.2, 0.25) is 5.02 Å². The van der Waals surface area contributed by atoms with Gasteiger partial charge in [0, 0.05) is 23.1 Å². The van der Waals surface area contributed by atoms with Gasteiger partial charge in [-0.05, 0) is 68.3 Å². The Bertz CT molecular complexity index is 1400. The summed E-state index contributed by atoms with van der Waals surface area (Å²) in [6.45, 7) is 4.86. The number of hydrogen-bond acceptors (Lipinski definition) is 4. The summed E-state index contributed by atoms with van der Waals surface area (Å²) in [7, 11) is -2.65. The number of sulfonamides is 1. The number of rotatable bonds is 9. The van der Waals surface area contributed by atoms with Crippen LogP contribution >= 0.6 is 27.5 Å². The maximum absolute atomic E-state index is 13.8. The summed E-state index contributed by atoms with van der Waals surface area (Å²) in [5, 5.41) is 2.94. The summed E-state index contributed by atoms with van der Waals surface area (Å²) in [5.74, 6) is -0.905. The largest absolute Gasteiger partial charge is 0.357 e. The second-order valence-electron chi connectivity index (χ2n) is 8.70. The Morgan fingerprint density at radius 2 is 1.70 bits per heavy atom. The standard InChI is InChI=1S/C27H29BrClN3O4S/c1-18-8-12-24(13-9-18)37(35,36)32(23-11-10-19(2)25(29)15-23)17-26(33)31(20(3)27(34)30-4)16-21-6-5-7-22(28)14-21/h5-15,20H,16-17H2,1-4H3,(H,30,34). The fraction of sp³-hybridized carbons (Fsp3) is 0.259. The molecule has 0 saturated carbocycles. The minimum atomic E-state index is -4.14. The van der Waals surface area contributed by atoms with Gasteiger partial charge in [0.15, 0.2) is 0 Å². The van der Waals surface area contributed by atoms with Gasteiger partial charge in [0.25, 0.3) is 10.0 Å². The summed E-state index contributed by atoms with van der Waals surface area (Å²) in [5.41, 5.74) is 2.71. The molecule has 1 unspecified atom stereocenters. The van der Waals surface area contributed by atoms with Gasteiger partial charge in [-0.25, -0.2) is 8.42 Å². The third-order valence-electron chi connectivity index (χ3n) is 5.99. The molecule has 0 radical (unpaired) electrons. The summed E-state index contributed by atoms with van der Waals surface area (Å²) < 4.78 is 29.4. The lowest BCUT2D eigenvalue weighted by Gasteiger charge is -2.32. The van der Waals surface area contributed by atoms with E-state index in [0.717, 1.165) is 25.5 Å². The fourth-order valence-corrected chi connectivity index (χ4v) is 5.75. The number of benzene rings is 3. The number of amides is 2. The van der Waals surface area contributed by atoms with E-state index in [2.05, 4.69) is 21.2 Å². The van der Waals surface area contributed by atoms with E-state index >= 15 is 0 Å². The van der Waals surface area contributed by atoms with Crippen LogP contribution in [-0.2, 0) is 26.2 Å². The zero-order valence-electron chi connectivity index (χ0n) is 21.0. The fourth-order valence-electron chi connectivity index (χ4n) is 3.73. The predicted molar refractivity (Wildman–Crippen MR) is 150 cm³/mol. The minimum absolute atomic E-state index is 0.0421. The first-order valence-corrected chi connectivity index (χ1v) is 14.2. The molecule has 0 fully saturated rings. The molecule has 3 aromatic rings. The SMILES string of the molecule is CNC(=O)C(C)N(Cc1cccc(Br)c1)C(=O)CN(c1ccc(C)c(Cl)c1)S(=O)(=O)c1ccc(C)cc1. The number of anilines is 1. The highest BCUT2D eigenvalue weighted by molar-refractivity contribution is 9.10. The highest BCUT2D eigenvalue weighted by Gasteiger charge is 2.32. The second kappa shape index (κ2) is 12.1. The van der Waals surface area contributed by atoms with Crippen LogP contribution in [-0.4, -0.2) is 44.8 Å². The van der Waals surface area contributed by atoms with Crippen molar-refractivity contribution in [2.75, 3.05) is 17.9 Å². The molecule has 3 rings (SSSR count). The molecule has 37 heavy (non-hydrogen) atoms. The molecule has 0 saturated heterocycles. The quantitative estimate of drug-likeness (QED) is 0.368. The van der Waals surface area contributed by atoms with Crippen molar-refractivity contribution in [2.24, 2.45) is 0 Å². The Hall–Kier alpha value is -2.88. The van der Waals surface area contributed by atoms with Gasteiger partial charge in [-0.1, -0.05) is 63.4 Å². The Balaban J connectivity index is 2.06. The Kier molecular flexibility index (Phi) is 9.39. The number of aryl methyl sites for hydroxylation is 2. The number of halogens is 2. The lowest BCUT2D eigenvalue weighted by atomic mass is 10.1. The van der Waals surface area contributed by atoms with E-state index in [9.17, 15) is 18.0 Å². The van der Waals surface area contributed by atoms with Gasteiger partial charge in [-0.2, -0.15) is 0 Å². The van der Waals surface area contributed by atoms with Gasteiger partial charge >= 0.3 is 0 Å². The van der Waals surface area contributed by atoms with Gasteiger partial charge in [0.1, 0.15) is 12.6 Å². The highest BCUT2D eigenvalue weighted by Crippen LogP contribution is 2.29. The number of nitrogens with zero attached hydrogens (tertiary/aromatic N) is 2. The first kappa shape index (κ1) is 28.7. The molecular formula is C27H29BrClN3O4S. The van der Waals surface area contributed by atoms with E-state index in [1.165, 1.54) is 30.1 Å². The van der Waals surface area contributed by atoms with Crippen LogP contribution in [0.3, 0.4) is 0 Å². The molecule has 0 aliphatic heterocycles. The molecule has 196 valence electrons. The number of carbonyl (C=O) groups excluding carboxylic acids is 2. The Morgan fingerprint density at radius 3 is 2.30 bits per heavy atom. The first-order valence-electron chi connectivity index (χ1n) is 11.5. The van der Waals surface area contributed by atoms with E-state index in [1.807, 2.05) is 31.2 Å². The van der Waals surface area contributed by atoms with Crippen LogP contribution < -0.4 is 9.62 Å². The second-order valence-corrected chi connectivity index (χ2v) is 11.9. The van der Waals surface area contributed by atoms with Crippen molar-refractivity contribution in [3.05, 3.63) is 92.9 Å². The van der Waals surface area contributed by atoms with Crippen molar-refractivity contribution in [3.8, 4) is 0 Å². The van der Waals surface area contributed by atoms with Crippen molar-refractivity contribution >= 4 is 55.1 Å². The lowest BCUT2D eigenvalue weighted by molar-refractivity contribution is -0.139. The predicted octanol–water partition coefficient (Wildman–Crippen LogP) is 5.08. The minimum Gasteiger partial charge on any atom is -0.357 e. The van der Waals surface area contributed by atoms with Crippen LogP contribution in [0.4, 0.5) is 5.69 Å². The molecule has 10 heteroatoms. The zero-order chi connectivity index (χ0) is 27.3. The van der Waals surface area contributed by atoms with Gasteiger partial charge in [0.05, 0.1) is 10.6 Å². The number of likely N-dealkylation sites (N-methyl/N-ethyl adjacent to an activating group) is 1.